The summed E-state index contributed by atoms with van der Waals surface area (Å²) in [6, 6.07) is 67.2. The van der Waals surface area contributed by atoms with E-state index < -0.39 is 0 Å². The van der Waals surface area contributed by atoms with Crippen LogP contribution >= 0.6 is 0 Å². The summed E-state index contributed by atoms with van der Waals surface area (Å²) in [5.74, 6) is 1.27. The largest absolute Gasteiger partial charge is 0.255 e. The van der Waals surface area contributed by atoms with Crippen LogP contribution in [0.4, 0.5) is 0 Å². The van der Waals surface area contributed by atoms with Crippen molar-refractivity contribution in [2.45, 2.75) is 0 Å². The second-order valence-corrected chi connectivity index (χ2v) is 14.2. The molecule has 0 aliphatic rings. The fraction of sp³-hybridized carbons (Fsp3) is 0. The number of nitrogens with zero attached hydrogens (tertiary/aromatic N) is 7. The Morgan fingerprint density at radius 2 is 0.633 bits per heavy atom. The molecular formula is C53H35N7. The van der Waals surface area contributed by atoms with Gasteiger partial charge in [0.05, 0.1) is 45.6 Å². The minimum absolute atomic E-state index is 0.599. The highest BCUT2D eigenvalue weighted by molar-refractivity contribution is 5.80. The van der Waals surface area contributed by atoms with Crippen LogP contribution in [-0.4, -0.2) is 34.9 Å². The van der Waals surface area contributed by atoms with E-state index in [1.807, 2.05) is 121 Å². The van der Waals surface area contributed by atoms with E-state index in [-0.39, 0.29) is 0 Å². The van der Waals surface area contributed by atoms with Gasteiger partial charge in [0.2, 0.25) is 0 Å². The summed E-state index contributed by atoms with van der Waals surface area (Å²) in [5.41, 5.74) is 14.0. The molecule has 7 nitrogen and oxygen atoms in total. The number of hydrogen-bond donors (Lipinski definition) is 0. The van der Waals surface area contributed by atoms with E-state index in [2.05, 4.69) is 83.8 Å². The van der Waals surface area contributed by atoms with Crippen LogP contribution in [0, 0.1) is 0 Å². The van der Waals surface area contributed by atoms with Gasteiger partial charge in [-0.25, -0.2) is 24.9 Å². The summed E-state index contributed by atoms with van der Waals surface area (Å²) in [7, 11) is 0. The molecule has 0 fully saturated rings. The van der Waals surface area contributed by atoms with Crippen LogP contribution in [0.2, 0.25) is 0 Å². The zero-order valence-corrected chi connectivity index (χ0v) is 32.3. The van der Waals surface area contributed by atoms with Gasteiger partial charge < -0.3 is 0 Å². The normalized spacial score (nSPS) is 11.0. The number of benzene rings is 5. The number of hydrogen-bond acceptors (Lipinski definition) is 7. The zero-order chi connectivity index (χ0) is 40.1. The molecule has 5 aromatic heterocycles. The lowest BCUT2D eigenvalue weighted by Gasteiger charge is -2.13. The van der Waals surface area contributed by atoms with Gasteiger partial charge in [-0.2, -0.15) is 0 Å². The quantitative estimate of drug-likeness (QED) is 0.144. The molecule has 10 aromatic rings. The summed E-state index contributed by atoms with van der Waals surface area (Å²) >= 11 is 0. The van der Waals surface area contributed by atoms with Gasteiger partial charge in [-0.1, -0.05) is 146 Å². The van der Waals surface area contributed by atoms with Crippen molar-refractivity contribution in [3.8, 4) is 102 Å². The van der Waals surface area contributed by atoms with E-state index in [4.69, 9.17) is 29.9 Å². The van der Waals surface area contributed by atoms with Crippen molar-refractivity contribution < 1.29 is 0 Å². The molecule has 10 rings (SSSR count). The molecule has 0 unspecified atom stereocenters. The van der Waals surface area contributed by atoms with Gasteiger partial charge in [0.1, 0.15) is 0 Å². The Morgan fingerprint density at radius 1 is 0.200 bits per heavy atom. The molecule has 0 saturated heterocycles. The third-order valence-electron chi connectivity index (χ3n) is 10.2. The summed E-state index contributed by atoms with van der Waals surface area (Å²) in [5, 5.41) is 0. The average Bonchev–Trinajstić information content (AvgIpc) is 3.35. The molecule has 0 N–H and O–H groups in total. The lowest BCUT2D eigenvalue weighted by molar-refractivity contribution is 1.17. The van der Waals surface area contributed by atoms with Gasteiger partial charge in [0.15, 0.2) is 11.6 Å². The summed E-state index contributed by atoms with van der Waals surface area (Å²) in [6.45, 7) is 0. The average molecular weight is 770 g/mol. The lowest BCUT2D eigenvalue weighted by Crippen LogP contribution is -1.98. The van der Waals surface area contributed by atoms with Crippen molar-refractivity contribution in [2.75, 3.05) is 0 Å². The molecule has 0 saturated carbocycles. The van der Waals surface area contributed by atoms with E-state index in [9.17, 15) is 0 Å². The predicted octanol–water partition coefficient (Wildman–Crippen LogP) is 12.5. The van der Waals surface area contributed by atoms with Gasteiger partial charge in [-0.15, -0.1) is 0 Å². The molecule has 60 heavy (non-hydrogen) atoms. The summed E-state index contributed by atoms with van der Waals surface area (Å²) in [6.07, 6.45) is 3.58. The van der Waals surface area contributed by atoms with E-state index in [1.165, 1.54) is 0 Å². The smallest absolute Gasteiger partial charge is 0.160 e. The lowest BCUT2D eigenvalue weighted by atomic mass is 9.98. The fourth-order valence-corrected chi connectivity index (χ4v) is 7.20. The highest BCUT2D eigenvalue weighted by Gasteiger charge is 2.16. The van der Waals surface area contributed by atoms with Crippen molar-refractivity contribution in [2.24, 2.45) is 0 Å². The van der Waals surface area contributed by atoms with E-state index in [0.717, 1.165) is 78.7 Å². The molecule has 0 amide bonds. The van der Waals surface area contributed by atoms with Crippen LogP contribution in [0.25, 0.3) is 102 Å². The first-order valence-corrected chi connectivity index (χ1v) is 19.7. The van der Waals surface area contributed by atoms with Crippen molar-refractivity contribution in [3.05, 3.63) is 213 Å². The SMILES string of the molecule is c1ccc(-c2cc(-c3cccc(-c4cc(-c5ccccn5)nc(-c5cc(-c6nc(-c7ccccc7)cc(-c7ccccc7)n6)ccn5)c4)c3)nc(-c3ccccc3)n2)cc1. The van der Waals surface area contributed by atoms with Gasteiger partial charge in [-0.3, -0.25) is 9.97 Å². The third-order valence-corrected chi connectivity index (χ3v) is 10.2. The van der Waals surface area contributed by atoms with Crippen molar-refractivity contribution in [1.82, 2.24) is 34.9 Å². The van der Waals surface area contributed by atoms with Crippen molar-refractivity contribution in [1.29, 1.82) is 0 Å². The summed E-state index contributed by atoms with van der Waals surface area (Å²) in [4.78, 5) is 34.9. The molecule has 0 atom stereocenters. The highest BCUT2D eigenvalue weighted by atomic mass is 14.9. The molecule has 0 aliphatic heterocycles. The van der Waals surface area contributed by atoms with E-state index in [1.54, 1.807) is 12.4 Å². The van der Waals surface area contributed by atoms with Crippen molar-refractivity contribution >= 4 is 0 Å². The number of rotatable bonds is 9. The Morgan fingerprint density at radius 3 is 1.18 bits per heavy atom. The Kier molecular flexibility index (Phi) is 9.79. The third kappa shape index (κ3) is 7.71. The minimum atomic E-state index is 0.599. The Balaban J connectivity index is 1.09. The van der Waals surface area contributed by atoms with Gasteiger partial charge >= 0.3 is 0 Å². The van der Waals surface area contributed by atoms with Crippen LogP contribution < -0.4 is 0 Å². The maximum atomic E-state index is 5.15. The molecule has 0 bridgehead atoms. The zero-order valence-electron chi connectivity index (χ0n) is 32.3. The van der Waals surface area contributed by atoms with Gasteiger partial charge in [0.25, 0.3) is 0 Å². The molecule has 5 aromatic carbocycles. The minimum Gasteiger partial charge on any atom is -0.255 e. The highest BCUT2D eigenvalue weighted by Crippen LogP contribution is 2.34. The van der Waals surface area contributed by atoms with Crippen LogP contribution in [-0.2, 0) is 0 Å². The summed E-state index contributed by atoms with van der Waals surface area (Å²) < 4.78 is 0. The molecule has 0 spiro atoms. The second kappa shape index (κ2) is 16.3. The van der Waals surface area contributed by atoms with E-state index >= 15 is 0 Å². The Hall–Kier alpha value is -8.29. The van der Waals surface area contributed by atoms with Gasteiger partial charge in [-0.05, 0) is 65.7 Å². The molecule has 5 heterocycles. The fourth-order valence-electron chi connectivity index (χ4n) is 7.20. The Bertz CT molecular complexity index is 2770. The predicted molar refractivity (Wildman–Crippen MR) is 240 cm³/mol. The first-order valence-electron chi connectivity index (χ1n) is 19.7. The number of aromatic nitrogens is 7. The topological polar surface area (TPSA) is 90.2 Å². The Labute approximate surface area is 347 Å². The maximum absolute atomic E-state index is 5.15. The maximum Gasteiger partial charge on any atom is 0.160 e. The van der Waals surface area contributed by atoms with Crippen LogP contribution in [0.1, 0.15) is 0 Å². The second-order valence-electron chi connectivity index (χ2n) is 14.2. The standard InChI is InChI=1S/C53H35N7/c1-5-16-36(17-6-1)45-34-46(37-18-7-2-8-19-37)59-53(58-45)42-27-29-55-49(31-42)51-33-43(32-50(56-51)44-26-13-14-28-54-44)40-24-15-25-41(30-40)48-35-47(38-20-9-3-10-21-38)57-52(60-48)39-22-11-4-12-23-39/h1-35H. The van der Waals surface area contributed by atoms with Crippen LogP contribution in [0.15, 0.2) is 213 Å². The van der Waals surface area contributed by atoms with Gasteiger partial charge in [0, 0.05) is 45.8 Å². The molecular weight excluding hydrogens is 735 g/mol. The number of pyridine rings is 3. The van der Waals surface area contributed by atoms with Crippen LogP contribution in [0.3, 0.4) is 0 Å². The molecule has 0 radical (unpaired) electrons. The molecule has 282 valence electrons. The van der Waals surface area contributed by atoms with E-state index in [0.29, 0.717) is 23.0 Å². The monoisotopic (exact) mass is 769 g/mol. The van der Waals surface area contributed by atoms with Crippen LogP contribution in [0.5, 0.6) is 0 Å². The first-order chi connectivity index (χ1) is 29.7. The first kappa shape index (κ1) is 36.1. The molecule has 0 aliphatic carbocycles. The molecule has 7 heteroatoms. The van der Waals surface area contributed by atoms with Crippen molar-refractivity contribution in [3.63, 3.8) is 0 Å².